The Morgan fingerprint density at radius 1 is 1.33 bits per heavy atom. The van der Waals surface area contributed by atoms with E-state index < -0.39 is 17.9 Å². The Kier molecular flexibility index (Phi) is 5.86. The molecule has 0 aliphatic rings. The van der Waals surface area contributed by atoms with E-state index in [2.05, 4.69) is 10.3 Å². The average molecular weight is 350 g/mol. The molecule has 0 aliphatic heterocycles. The summed E-state index contributed by atoms with van der Waals surface area (Å²) in [7, 11) is 0. The van der Waals surface area contributed by atoms with E-state index in [1.165, 1.54) is 13.0 Å². The molecule has 0 fully saturated rings. The summed E-state index contributed by atoms with van der Waals surface area (Å²) in [5, 5.41) is 22.0. The molecule has 4 N–H and O–H groups in total. The number of amides is 1. The van der Waals surface area contributed by atoms with Crippen LogP contribution in [0, 0.1) is 0 Å². The maximum atomic E-state index is 11.8. The van der Waals surface area contributed by atoms with Gasteiger partial charge in [0.1, 0.15) is 11.8 Å². The minimum Gasteiger partial charge on any atom is -0.508 e. The molecule has 24 heavy (non-hydrogen) atoms. The fourth-order valence-corrected chi connectivity index (χ4v) is 2.88. The molecule has 1 atom stereocenters. The third-order valence-corrected chi connectivity index (χ3v) is 4.26. The molecule has 7 nitrogen and oxygen atoms in total. The lowest BCUT2D eigenvalue weighted by Gasteiger charge is -2.14. The van der Waals surface area contributed by atoms with Gasteiger partial charge in [0.2, 0.25) is 5.91 Å². The summed E-state index contributed by atoms with van der Waals surface area (Å²) in [5.74, 6) is -1.16. The highest BCUT2D eigenvalue weighted by Crippen LogP contribution is 2.24. The molecule has 128 valence electrons. The molecule has 0 saturated carbocycles. The molecule has 8 heteroatoms. The number of fused-ring (bicyclic) bond motifs is 1. The van der Waals surface area contributed by atoms with Gasteiger partial charge in [0.05, 0.1) is 0 Å². The molecular weight excluding hydrogens is 332 g/mol. The number of carbonyl (C=O) groups is 3. The first-order valence-electron chi connectivity index (χ1n) is 7.31. The van der Waals surface area contributed by atoms with Crippen molar-refractivity contribution < 1.29 is 24.6 Å². The second-order valence-corrected chi connectivity index (χ2v) is 6.57. The molecular formula is C16H18N2O5S. The molecule has 0 unspecified atom stereocenters. The zero-order chi connectivity index (χ0) is 17.7. The molecule has 1 amide bonds. The number of aliphatic carboxylic acids is 1. The van der Waals surface area contributed by atoms with Crippen molar-refractivity contribution in [2.75, 3.05) is 5.75 Å². The number of hydrogen-bond acceptors (Lipinski definition) is 5. The lowest BCUT2D eigenvalue weighted by Crippen LogP contribution is -2.42. The first-order chi connectivity index (χ1) is 11.4. The third-order valence-electron chi connectivity index (χ3n) is 3.44. The number of nitrogens with one attached hydrogen (secondary N) is 2. The number of carboxylic acids is 1. The van der Waals surface area contributed by atoms with E-state index >= 15 is 0 Å². The molecule has 1 heterocycles. The van der Waals surface area contributed by atoms with E-state index in [-0.39, 0.29) is 23.7 Å². The summed E-state index contributed by atoms with van der Waals surface area (Å²) in [6, 6.07) is 3.69. The number of carboxylic acid groups (broad SMARTS) is 1. The number of thioether (sulfide) groups is 1. The fraction of sp³-hybridized carbons (Fsp3) is 0.312. The van der Waals surface area contributed by atoms with Gasteiger partial charge in [-0.05, 0) is 23.8 Å². The molecule has 1 aromatic heterocycles. The van der Waals surface area contributed by atoms with Gasteiger partial charge >= 0.3 is 5.97 Å². The predicted molar refractivity (Wildman–Crippen MR) is 91.0 cm³/mol. The normalized spacial score (nSPS) is 12.0. The van der Waals surface area contributed by atoms with Gasteiger partial charge in [-0.15, -0.1) is 0 Å². The molecule has 0 spiro atoms. The van der Waals surface area contributed by atoms with Crippen LogP contribution in [0.4, 0.5) is 0 Å². The van der Waals surface area contributed by atoms with E-state index in [1.807, 2.05) is 0 Å². The Bertz CT molecular complexity index is 771. The molecule has 0 saturated heterocycles. The van der Waals surface area contributed by atoms with Crippen molar-refractivity contribution in [2.24, 2.45) is 0 Å². The van der Waals surface area contributed by atoms with Gasteiger partial charge in [0, 0.05) is 42.6 Å². The summed E-state index contributed by atoms with van der Waals surface area (Å²) in [6.45, 7) is 1.41. The molecule has 1 aromatic carbocycles. The minimum atomic E-state index is -1.14. The highest BCUT2D eigenvalue weighted by molar-refractivity contribution is 8.13. The van der Waals surface area contributed by atoms with Crippen LogP contribution in [-0.2, 0) is 20.8 Å². The van der Waals surface area contributed by atoms with Crippen molar-refractivity contribution in [1.29, 1.82) is 0 Å². The maximum absolute atomic E-state index is 11.8. The lowest BCUT2D eigenvalue weighted by atomic mass is 10.0. The topological polar surface area (TPSA) is 119 Å². The first-order valence-corrected chi connectivity index (χ1v) is 8.30. The molecule has 2 aromatic rings. The number of aromatic amines is 1. The van der Waals surface area contributed by atoms with Crippen molar-refractivity contribution in [2.45, 2.75) is 25.8 Å². The smallest absolute Gasteiger partial charge is 0.326 e. The van der Waals surface area contributed by atoms with E-state index in [1.54, 1.807) is 18.3 Å². The van der Waals surface area contributed by atoms with Crippen LogP contribution in [-0.4, -0.2) is 44.0 Å². The first kappa shape index (κ1) is 17.9. The third kappa shape index (κ3) is 4.76. The Morgan fingerprint density at radius 2 is 2.08 bits per heavy atom. The van der Waals surface area contributed by atoms with Crippen LogP contribution in [0.3, 0.4) is 0 Å². The minimum absolute atomic E-state index is 0.0721. The second-order valence-electron chi connectivity index (χ2n) is 5.30. The highest BCUT2D eigenvalue weighted by Gasteiger charge is 2.22. The summed E-state index contributed by atoms with van der Waals surface area (Å²) >= 11 is 1.02. The SMILES string of the molecule is CC(=O)SCCC(=O)N[C@@H](Cc1c[nH]c2ccc(O)cc12)C(=O)O. The van der Waals surface area contributed by atoms with Crippen LogP contribution in [0.5, 0.6) is 5.75 Å². The Balaban J connectivity index is 2.05. The van der Waals surface area contributed by atoms with Crippen molar-refractivity contribution in [1.82, 2.24) is 10.3 Å². The number of aromatic hydroxyl groups is 1. The van der Waals surface area contributed by atoms with E-state index in [0.29, 0.717) is 16.7 Å². The van der Waals surface area contributed by atoms with E-state index in [4.69, 9.17) is 0 Å². The summed E-state index contributed by atoms with van der Waals surface area (Å²) in [6.07, 6.45) is 1.82. The quantitative estimate of drug-likeness (QED) is 0.603. The maximum Gasteiger partial charge on any atom is 0.326 e. The number of H-pyrrole nitrogens is 1. The van der Waals surface area contributed by atoms with E-state index in [0.717, 1.165) is 17.3 Å². The van der Waals surface area contributed by atoms with Crippen LogP contribution in [0.15, 0.2) is 24.4 Å². The second kappa shape index (κ2) is 7.87. The predicted octanol–water partition coefficient (Wildman–Crippen LogP) is 1.66. The molecule has 0 radical (unpaired) electrons. The van der Waals surface area contributed by atoms with Crippen LogP contribution in [0.2, 0.25) is 0 Å². The number of hydrogen-bond donors (Lipinski definition) is 4. The van der Waals surface area contributed by atoms with Gasteiger partial charge in [-0.1, -0.05) is 11.8 Å². The summed E-state index contributed by atoms with van der Waals surface area (Å²) in [4.78, 5) is 37.1. The summed E-state index contributed by atoms with van der Waals surface area (Å²) in [5.41, 5.74) is 1.46. The van der Waals surface area contributed by atoms with Gasteiger partial charge in [0.15, 0.2) is 5.12 Å². The highest BCUT2D eigenvalue weighted by atomic mass is 32.2. The number of rotatable bonds is 7. The zero-order valence-corrected chi connectivity index (χ0v) is 13.9. The van der Waals surface area contributed by atoms with Gasteiger partial charge in [-0.2, -0.15) is 0 Å². The largest absolute Gasteiger partial charge is 0.508 e. The van der Waals surface area contributed by atoms with Gasteiger partial charge < -0.3 is 20.5 Å². The lowest BCUT2D eigenvalue weighted by molar-refractivity contribution is -0.141. The van der Waals surface area contributed by atoms with Gasteiger partial charge in [-0.3, -0.25) is 9.59 Å². The van der Waals surface area contributed by atoms with Crippen molar-refractivity contribution in [3.8, 4) is 5.75 Å². The molecule has 2 rings (SSSR count). The Hall–Kier alpha value is -2.48. The van der Waals surface area contributed by atoms with Gasteiger partial charge in [-0.25, -0.2) is 4.79 Å². The Labute approximate surface area is 142 Å². The van der Waals surface area contributed by atoms with Crippen LogP contribution >= 0.6 is 11.8 Å². The van der Waals surface area contributed by atoms with Crippen molar-refractivity contribution in [3.05, 3.63) is 30.0 Å². The standard InChI is InChI=1S/C16H18N2O5S/c1-9(19)24-5-4-15(21)18-14(16(22)23)6-10-8-17-13-3-2-11(20)7-12(10)13/h2-3,7-8,14,17,20H,4-6H2,1H3,(H,18,21)(H,22,23)/t14-/m0/s1. The monoisotopic (exact) mass is 350 g/mol. The number of phenols is 1. The number of carbonyl (C=O) groups excluding carboxylic acids is 2. The number of benzene rings is 1. The van der Waals surface area contributed by atoms with Crippen LogP contribution < -0.4 is 5.32 Å². The summed E-state index contributed by atoms with van der Waals surface area (Å²) < 4.78 is 0. The molecule has 0 aliphatic carbocycles. The fourth-order valence-electron chi connectivity index (χ4n) is 2.31. The zero-order valence-electron chi connectivity index (χ0n) is 13.0. The van der Waals surface area contributed by atoms with Crippen LogP contribution in [0.1, 0.15) is 18.9 Å². The van der Waals surface area contributed by atoms with Crippen molar-refractivity contribution >= 4 is 39.7 Å². The Morgan fingerprint density at radius 3 is 2.75 bits per heavy atom. The average Bonchev–Trinajstić information content (AvgIpc) is 2.88. The van der Waals surface area contributed by atoms with Gasteiger partial charge in [0.25, 0.3) is 0 Å². The number of phenolic OH excluding ortho intramolecular Hbond substituents is 1. The number of aromatic nitrogens is 1. The van der Waals surface area contributed by atoms with Crippen LogP contribution in [0.25, 0.3) is 10.9 Å². The van der Waals surface area contributed by atoms with Crippen molar-refractivity contribution in [3.63, 3.8) is 0 Å². The van der Waals surface area contributed by atoms with E-state index in [9.17, 15) is 24.6 Å². The molecule has 0 bridgehead atoms.